The number of aryl methyl sites for hydroxylation is 1. The maximum Gasteiger partial charge on any atom is 0.128 e. The van der Waals surface area contributed by atoms with Crippen LogP contribution in [0.15, 0.2) is 24.4 Å². The number of nitrogens with zero attached hydrogens (tertiary/aromatic N) is 2. The molecule has 2 aromatic rings. The molecular formula is C14H18ClF2N3. The Morgan fingerprint density at radius 1 is 1.30 bits per heavy atom. The molecule has 0 unspecified atom stereocenters. The molecule has 3 nitrogen and oxygen atoms in total. The summed E-state index contributed by atoms with van der Waals surface area (Å²) in [6, 6.07) is 3.71. The highest BCUT2D eigenvalue weighted by atomic mass is 35.5. The second-order valence-corrected chi connectivity index (χ2v) is 4.79. The molecular weight excluding hydrogens is 284 g/mol. The molecule has 1 aromatic heterocycles. The summed E-state index contributed by atoms with van der Waals surface area (Å²) >= 11 is 0. The van der Waals surface area contributed by atoms with E-state index in [1.165, 1.54) is 6.07 Å². The van der Waals surface area contributed by atoms with E-state index in [0.717, 1.165) is 23.5 Å². The summed E-state index contributed by atoms with van der Waals surface area (Å²) in [5.74, 6) is -0.851. The maximum absolute atomic E-state index is 13.5. The fraction of sp³-hybridized carbons (Fsp3) is 0.357. The predicted octanol–water partition coefficient (Wildman–Crippen LogP) is 4.08. The van der Waals surface area contributed by atoms with Gasteiger partial charge in [0.05, 0.1) is 11.4 Å². The summed E-state index contributed by atoms with van der Waals surface area (Å²) in [5.41, 5.74) is 1.97. The Hall–Kier alpha value is -1.62. The SMILES string of the molecule is Cc1nn(C(C)C)cc1NCc1cc(F)ccc1F.Cl. The van der Waals surface area contributed by atoms with Gasteiger partial charge in [0, 0.05) is 24.3 Å². The fourth-order valence-corrected chi connectivity index (χ4v) is 1.79. The summed E-state index contributed by atoms with van der Waals surface area (Å²) < 4.78 is 28.4. The van der Waals surface area contributed by atoms with Crippen molar-refractivity contribution in [2.45, 2.75) is 33.4 Å². The molecule has 2 rings (SSSR count). The number of hydrogen-bond donors (Lipinski definition) is 1. The Balaban J connectivity index is 0.00000200. The lowest BCUT2D eigenvalue weighted by Gasteiger charge is -2.06. The Labute approximate surface area is 123 Å². The van der Waals surface area contributed by atoms with Crippen LogP contribution in [0.4, 0.5) is 14.5 Å². The van der Waals surface area contributed by atoms with Gasteiger partial charge in [-0.3, -0.25) is 4.68 Å². The Bertz CT molecular complexity index is 582. The molecule has 6 heteroatoms. The minimum atomic E-state index is -0.437. The van der Waals surface area contributed by atoms with E-state index in [-0.39, 0.29) is 25.0 Å². The molecule has 0 aliphatic heterocycles. The summed E-state index contributed by atoms with van der Waals surface area (Å²) in [5, 5.41) is 7.43. The Kier molecular flexibility index (Phi) is 5.51. The molecule has 0 bridgehead atoms. The molecule has 0 radical (unpaired) electrons. The highest BCUT2D eigenvalue weighted by Crippen LogP contribution is 2.18. The van der Waals surface area contributed by atoms with Crippen molar-refractivity contribution in [1.29, 1.82) is 0 Å². The topological polar surface area (TPSA) is 29.9 Å². The van der Waals surface area contributed by atoms with E-state index in [2.05, 4.69) is 10.4 Å². The molecule has 0 amide bonds. The minimum absolute atomic E-state index is 0. The monoisotopic (exact) mass is 301 g/mol. The molecule has 0 saturated heterocycles. The molecule has 0 fully saturated rings. The van der Waals surface area contributed by atoms with Crippen LogP contribution in [0.5, 0.6) is 0 Å². The summed E-state index contributed by atoms with van der Waals surface area (Å²) in [6.45, 7) is 6.17. The third-order valence-corrected chi connectivity index (χ3v) is 2.92. The van der Waals surface area contributed by atoms with Gasteiger partial charge in [-0.05, 0) is 39.0 Å². The number of anilines is 1. The third-order valence-electron chi connectivity index (χ3n) is 2.92. The van der Waals surface area contributed by atoms with Gasteiger partial charge in [0.15, 0.2) is 0 Å². The zero-order chi connectivity index (χ0) is 14.0. The number of hydrogen-bond acceptors (Lipinski definition) is 2. The van der Waals surface area contributed by atoms with E-state index in [9.17, 15) is 8.78 Å². The van der Waals surface area contributed by atoms with E-state index in [4.69, 9.17) is 0 Å². The van der Waals surface area contributed by atoms with Gasteiger partial charge in [-0.15, -0.1) is 12.4 Å². The van der Waals surface area contributed by atoms with Crippen molar-refractivity contribution in [1.82, 2.24) is 9.78 Å². The first-order chi connectivity index (χ1) is 8.97. The molecule has 0 saturated carbocycles. The van der Waals surface area contributed by atoms with Gasteiger partial charge in [-0.25, -0.2) is 8.78 Å². The molecule has 0 aliphatic carbocycles. The number of nitrogens with one attached hydrogen (secondary N) is 1. The summed E-state index contributed by atoms with van der Waals surface area (Å²) in [6.07, 6.45) is 1.87. The van der Waals surface area contributed by atoms with Crippen LogP contribution in [0, 0.1) is 18.6 Å². The first kappa shape index (κ1) is 16.4. The number of halogens is 3. The van der Waals surface area contributed by atoms with Crippen molar-refractivity contribution in [2.24, 2.45) is 0 Å². The van der Waals surface area contributed by atoms with Crippen LogP contribution in [0.3, 0.4) is 0 Å². The normalized spacial score (nSPS) is 10.5. The van der Waals surface area contributed by atoms with Gasteiger partial charge < -0.3 is 5.32 Å². The lowest BCUT2D eigenvalue weighted by molar-refractivity contribution is 0.529. The molecule has 0 atom stereocenters. The first-order valence-corrected chi connectivity index (χ1v) is 6.21. The molecule has 0 aliphatic rings. The van der Waals surface area contributed by atoms with Gasteiger partial charge in [0.1, 0.15) is 11.6 Å². The van der Waals surface area contributed by atoms with Gasteiger partial charge in [0.2, 0.25) is 0 Å². The third kappa shape index (κ3) is 3.70. The minimum Gasteiger partial charge on any atom is -0.378 e. The van der Waals surface area contributed by atoms with Crippen LogP contribution < -0.4 is 5.32 Å². The van der Waals surface area contributed by atoms with E-state index in [1.807, 2.05) is 31.6 Å². The van der Waals surface area contributed by atoms with Crippen LogP contribution in [0.1, 0.15) is 31.1 Å². The zero-order valence-corrected chi connectivity index (χ0v) is 12.5. The highest BCUT2D eigenvalue weighted by molar-refractivity contribution is 5.85. The van der Waals surface area contributed by atoms with E-state index in [1.54, 1.807) is 0 Å². The van der Waals surface area contributed by atoms with Crippen LogP contribution >= 0.6 is 12.4 Å². The van der Waals surface area contributed by atoms with Crippen LogP contribution in [0.25, 0.3) is 0 Å². The van der Waals surface area contributed by atoms with Crippen molar-refractivity contribution in [3.8, 4) is 0 Å². The fourth-order valence-electron chi connectivity index (χ4n) is 1.79. The van der Waals surface area contributed by atoms with Gasteiger partial charge in [-0.2, -0.15) is 5.10 Å². The van der Waals surface area contributed by atoms with Crippen LogP contribution in [-0.4, -0.2) is 9.78 Å². The maximum atomic E-state index is 13.5. The highest BCUT2D eigenvalue weighted by Gasteiger charge is 2.08. The van der Waals surface area contributed by atoms with E-state index < -0.39 is 11.6 Å². The largest absolute Gasteiger partial charge is 0.378 e. The van der Waals surface area contributed by atoms with Gasteiger partial charge in [0.25, 0.3) is 0 Å². The van der Waals surface area contributed by atoms with Crippen molar-refractivity contribution in [3.05, 3.63) is 47.3 Å². The zero-order valence-electron chi connectivity index (χ0n) is 11.7. The van der Waals surface area contributed by atoms with Crippen LogP contribution in [0.2, 0.25) is 0 Å². The molecule has 110 valence electrons. The number of aromatic nitrogens is 2. The summed E-state index contributed by atoms with van der Waals surface area (Å²) in [4.78, 5) is 0. The van der Waals surface area contributed by atoms with Gasteiger partial charge in [-0.1, -0.05) is 0 Å². The lowest BCUT2D eigenvalue weighted by Crippen LogP contribution is -2.03. The van der Waals surface area contributed by atoms with E-state index in [0.29, 0.717) is 5.56 Å². The molecule has 1 N–H and O–H groups in total. The van der Waals surface area contributed by atoms with Crippen LogP contribution in [-0.2, 0) is 6.54 Å². The quantitative estimate of drug-likeness (QED) is 0.922. The number of rotatable bonds is 4. The standard InChI is InChI=1S/C14H17F2N3.ClH/c1-9(2)19-8-14(10(3)18-19)17-7-11-6-12(15)4-5-13(11)16;/h4-6,8-9,17H,7H2,1-3H3;1H. The molecule has 1 aromatic carbocycles. The average Bonchev–Trinajstić information content (AvgIpc) is 2.72. The van der Waals surface area contributed by atoms with Gasteiger partial charge >= 0.3 is 0 Å². The molecule has 1 heterocycles. The smallest absolute Gasteiger partial charge is 0.128 e. The van der Waals surface area contributed by atoms with E-state index >= 15 is 0 Å². The molecule has 0 spiro atoms. The Morgan fingerprint density at radius 2 is 2.00 bits per heavy atom. The first-order valence-electron chi connectivity index (χ1n) is 6.21. The van der Waals surface area contributed by atoms with Crippen molar-refractivity contribution in [3.63, 3.8) is 0 Å². The summed E-state index contributed by atoms with van der Waals surface area (Å²) in [7, 11) is 0. The molecule has 20 heavy (non-hydrogen) atoms. The van der Waals surface area contributed by atoms with Crippen molar-refractivity contribution >= 4 is 18.1 Å². The average molecular weight is 302 g/mol. The predicted molar refractivity (Wildman–Crippen MR) is 78.3 cm³/mol. The Morgan fingerprint density at radius 3 is 2.60 bits per heavy atom. The van der Waals surface area contributed by atoms with Crippen molar-refractivity contribution in [2.75, 3.05) is 5.32 Å². The number of benzene rings is 1. The van der Waals surface area contributed by atoms with Crippen molar-refractivity contribution < 1.29 is 8.78 Å². The second-order valence-electron chi connectivity index (χ2n) is 4.79. The lowest BCUT2D eigenvalue weighted by atomic mass is 10.2. The second kappa shape index (κ2) is 6.70.